The van der Waals surface area contributed by atoms with E-state index in [0.717, 1.165) is 12.2 Å². The lowest BCUT2D eigenvalue weighted by Gasteiger charge is -2.18. The Hall–Kier alpha value is -0.870. The molecule has 2 unspecified atom stereocenters. The van der Waals surface area contributed by atoms with Crippen molar-refractivity contribution in [1.82, 2.24) is 9.97 Å². The monoisotopic (exact) mass is 271 g/mol. The highest BCUT2D eigenvalue weighted by atomic mass is 35.5. The second kappa shape index (κ2) is 7.54. The first kappa shape index (κ1) is 15.2. The summed E-state index contributed by atoms with van der Waals surface area (Å²) in [6.45, 7) is 6.98. The van der Waals surface area contributed by atoms with E-state index in [2.05, 4.69) is 36.1 Å². The quantitative estimate of drug-likeness (QED) is 0.771. The van der Waals surface area contributed by atoms with Crippen LogP contribution in [-0.2, 0) is 11.3 Å². The van der Waals surface area contributed by atoms with Gasteiger partial charge in [-0.05, 0) is 19.3 Å². The molecule has 4 nitrogen and oxygen atoms in total. The number of ether oxygens (including phenoxy) is 1. The number of nitrogens with zero attached hydrogens (tertiary/aromatic N) is 2. The second-order valence-corrected chi connectivity index (χ2v) is 5.11. The number of anilines is 1. The number of halogens is 1. The predicted molar refractivity (Wildman–Crippen MR) is 74.9 cm³/mol. The molecule has 1 aromatic heterocycles. The minimum atomic E-state index is 0.362. The fourth-order valence-electron chi connectivity index (χ4n) is 1.81. The highest BCUT2D eigenvalue weighted by Crippen LogP contribution is 2.16. The predicted octanol–water partition coefficient (Wildman–Crippen LogP) is 3.51. The van der Waals surface area contributed by atoms with E-state index in [1.54, 1.807) is 13.2 Å². The van der Waals surface area contributed by atoms with Gasteiger partial charge in [-0.25, -0.2) is 9.97 Å². The standard InChI is InChI=1S/C13H22ClN3O/c1-5-9(2)6-10(3)15-12-7-11(14)16-13(17-12)8-18-4/h7,9-10H,5-6,8H2,1-4H3,(H,15,16,17). The Morgan fingerprint density at radius 3 is 2.72 bits per heavy atom. The minimum absolute atomic E-state index is 0.362. The number of nitrogens with one attached hydrogen (secondary N) is 1. The topological polar surface area (TPSA) is 47.0 Å². The average Bonchev–Trinajstić information content (AvgIpc) is 2.28. The maximum atomic E-state index is 5.96. The van der Waals surface area contributed by atoms with Crippen molar-refractivity contribution in [1.29, 1.82) is 0 Å². The van der Waals surface area contributed by atoms with Crippen LogP contribution in [0, 0.1) is 5.92 Å². The molecule has 0 radical (unpaired) electrons. The molecule has 102 valence electrons. The molecule has 0 aliphatic rings. The maximum absolute atomic E-state index is 5.96. The Morgan fingerprint density at radius 1 is 1.39 bits per heavy atom. The molecular formula is C13H22ClN3O. The van der Waals surface area contributed by atoms with Gasteiger partial charge in [0.05, 0.1) is 0 Å². The molecular weight excluding hydrogens is 250 g/mol. The van der Waals surface area contributed by atoms with Crippen LogP contribution in [0.25, 0.3) is 0 Å². The van der Waals surface area contributed by atoms with E-state index in [4.69, 9.17) is 16.3 Å². The smallest absolute Gasteiger partial charge is 0.158 e. The lowest BCUT2D eigenvalue weighted by atomic mass is 10.0. The lowest BCUT2D eigenvalue weighted by Crippen LogP contribution is -2.19. The van der Waals surface area contributed by atoms with Crippen LogP contribution in [0.4, 0.5) is 5.82 Å². The van der Waals surface area contributed by atoms with Crippen LogP contribution < -0.4 is 5.32 Å². The van der Waals surface area contributed by atoms with E-state index in [0.29, 0.717) is 29.5 Å². The molecule has 0 aliphatic heterocycles. The number of hydrogen-bond donors (Lipinski definition) is 1. The third-order valence-electron chi connectivity index (χ3n) is 2.86. The molecule has 5 heteroatoms. The molecule has 1 rings (SSSR count). The first-order chi connectivity index (χ1) is 8.55. The second-order valence-electron chi connectivity index (χ2n) is 4.72. The Bertz CT molecular complexity index is 373. The van der Waals surface area contributed by atoms with E-state index >= 15 is 0 Å². The zero-order valence-electron chi connectivity index (χ0n) is 11.5. The van der Waals surface area contributed by atoms with Crippen molar-refractivity contribution in [2.75, 3.05) is 12.4 Å². The van der Waals surface area contributed by atoms with Gasteiger partial charge in [0.15, 0.2) is 5.82 Å². The van der Waals surface area contributed by atoms with Gasteiger partial charge in [-0.2, -0.15) is 0 Å². The van der Waals surface area contributed by atoms with Gasteiger partial charge < -0.3 is 10.1 Å². The third-order valence-corrected chi connectivity index (χ3v) is 3.06. The summed E-state index contributed by atoms with van der Waals surface area (Å²) in [4.78, 5) is 8.46. The van der Waals surface area contributed by atoms with E-state index < -0.39 is 0 Å². The fraction of sp³-hybridized carbons (Fsp3) is 0.692. The highest BCUT2D eigenvalue weighted by molar-refractivity contribution is 6.29. The largest absolute Gasteiger partial charge is 0.377 e. The Morgan fingerprint density at radius 2 is 2.11 bits per heavy atom. The summed E-state index contributed by atoms with van der Waals surface area (Å²) >= 11 is 5.96. The van der Waals surface area contributed by atoms with E-state index in [1.165, 1.54) is 6.42 Å². The Balaban J connectivity index is 2.65. The molecule has 0 fully saturated rings. The molecule has 0 bridgehead atoms. The molecule has 1 N–H and O–H groups in total. The van der Waals surface area contributed by atoms with Crippen LogP contribution in [0.15, 0.2) is 6.07 Å². The molecule has 0 aromatic carbocycles. The minimum Gasteiger partial charge on any atom is -0.377 e. The number of rotatable bonds is 7. The van der Waals surface area contributed by atoms with Gasteiger partial charge in [0, 0.05) is 19.2 Å². The van der Waals surface area contributed by atoms with Gasteiger partial charge in [-0.3, -0.25) is 0 Å². The number of aromatic nitrogens is 2. The van der Waals surface area contributed by atoms with E-state index in [-0.39, 0.29) is 0 Å². The summed E-state index contributed by atoms with van der Waals surface area (Å²) in [6, 6.07) is 2.11. The van der Waals surface area contributed by atoms with E-state index in [9.17, 15) is 0 Å². The number of hydrogen-bond acceptors (Lipinski definition) is 4. The van der Waals surface area contributed by atoms with Crippen LogP contribution in [0.1, 0.15) is 39.4 Å². The van der Waals surface area contributed by atoms with Gasteiger partial charge in [0.25, 0.3) is 0 Å². The average molecular weight is 272 g/mol. The van der Waals surface area contributed by atoms with Crippen molar-refractivity contribution in [2.24, 2.45) is 5.92 Å². The van der Waals surface area contributed by atoms with Gasteiger partial charge in [0.1, 0.15) is 17.6 Å². The van der Waals surface area contributed by atoms with Crippen LogP contribution in [-0.4, -0.2) is 23.1 Å². The zero-order valence-corrected chi connectivity index (χ0v) is 12.3. The van der Waals surface area contributed by atoms with Crippen LogP contribution in [0.3, 0.4) is 0 Å². The van der Waals surface area contributed by atoms with Crippen molar-refractivity contribution in [3.05, 3.63) is 17.0 Å². The summed E-state index contributed by atoms with van der Waals surface area (Å²) in [5.74, 6) is 2.06. The Kier molecular flexibility index (Phi) is 6.36. The first-order valence-corrected chi connectivity index (χ1v) is 6.71. The van der Waals surface area contributed by atoms with E-state index in [1.807, 2.05) is 0 Å². The molecule has 0 saturated carbocycles. The molecule has 1 aromatic rings. The van der Waals surface area contributed by atoms with Gasteiger partial charge >= 0.3 is 0 Å². The lowest BCUT2D eigenvalue weighted by molar-refractivity contribution is 0.178. The molecule has 18 heavy (non-hydrogen) atoms. The molecule has 0 aliphatic carbocycles. The van der Waals surface area contributed by atoms with Crippen molar-refractivity contribution in [3.8, 4) is 0 Å². The Labute approximate surface area is 114 Å². The van der Waals surface area contributed by atoms with Crippen molar-refractivity contribution in [2.45, 2.75) is 46.3 Å². The summed E-state index contributed by atoms with van der Waals surface area (Å²) in [7, 11) is 1.61. The summed E-state index contributed by atoms with van der Waals surface area (Å²) < 4.78 is 5.01. The van der Waals surface area contributed by atoms with Gasteiger partial charge in [0.2, 0.25) is 0 Å². The SMILES string of the molecule is CCC(C)CC(C)Nc1cc(Cl)nc(COC)n1. The molecule has 0 saturated heterocycles. The zero-order chi connectivity index (χ0) is 13.5. The normalized spacial score (nSPS) is 14.3. The van der Waals surface area contributed by atoms with Gasteiger partial charge in [-0.1, -0.05) is 31.9 Å². The van der Waals surface area contributed by atoms with Crippen LogP contribution >= 0.6 is 11.6 Å². The maximum Gasteiger partial charge on any atom is 0.158 e. The number of methoxy groups -OCH3 is 1. The van der Waals surface area contributed by atoms with Crippen molar-refractivity contribution < 1.29 is 4.74 Å². The summed E-state index contributed by atoms with van der Waals surface area (Å²) in [5.41, 5.74) is 0. The van der Waals surface area contributed by atoms with Gasteiger partial charge in [-0.15, -0.1) is 0 Å². The molecule has 2 atom stereocenters. The van der Waals surface area contributed by atoms with Crippen molar-refractivity contribution >= 4 is 17.4 Å². The highest BCUT2D eigenvalue weighted by Gasteiger charge is 2.09. The van der Waals surface area contributed by atoms with Crippen molar-refractivity contribution in [3.63, 3.8) is 0 Å². The fourth-order valence-corrected chi connectivity index (χ4v) is 2.01. The summed E-state index contributed by atoms with van der Waals surface area (Å²) in [5, 5.41) is 3.80. The first-order valence-electron chi connectivity index (χ1n) is 6.34. The molecule has 1 heterocycles. The molecule has 0 amide bonds. The molecule has 0 spiro atoms. The van der Waals surface area contributed by atoms with Crippen LogP contribution in [0.2, 0.25) is 5.15 Å². The van der Waals surface area contributed by atoms with Crippen LogP contribution in [0.5, 0.6) is 0 Å². The third kappa shape index (κ3) is 5.19. The summed E-state index contributed by atoms with van der Waals surface area (Å²) in [6.07, 6.45) is 2.29.